The summed E-state index contributed by atoms with van der Waals surface area (Å²) in [5.74, 6) is 2.34. The topological polar surface area (TPSA) is 140 Å². The van der Waals surface area contributed by atoms with E-state index >= 15 is 0 Å². The number of aryl methyl sites for hydroxylation is 1. The third-order valence-electron chi connectivity index (χ3n) is 8.47. The molecule has 0 aliphatic carbocycles. The van der Waals surface area contributed by atoms with E-state index in [9.17, 15) is 4.79 Å². The maximum absolute atomic E-state index is 13.0. The van der Waals surface area contributed by atoms with Gasteiger partial charge in [0.15, 0.2) is 11.6 Å². The molecule has 3 aromatic rings. The number of hydrogen-bond acceptors (Lipinski definition) is 14. The van der Waals surface area contributed by atoms with Crippen LogP contribution in [0.25, 0.3) is 11.0 Å². The van der Waals surface area contributed by atoms with Crippen molar-refractivity contribution in [2.75, 3.05) is 134 Å². The van der Waals surface area contributed by atoms with Gasteiger partial charge in [-0.1, -0.05) is 0 Å². The summed E-state index contributed by atoms with van der Waals surface area (Å²) in [5, 5.41) is 0. The molecule has 0 spiro atoms. The highest BCUT2D eigenvalue weighted by molar-refractivity contribution is 5.96. The Kier molecular flexibility index (Phi) is 11.4. The SMILES string of the molecule is COCCN(CCOC)c1nc(N2CCc3c(ncn3C)C2)c2nc(N(CCOC)CCOC)nc(N3CCN(C)C(=O)C3)c2n1. The molecular formula is C30H47N11O5. The predicted octanol–water partition coefficient (Wildman–Crippen LogP) is 0.193. The van der Waals surface area contributed by atoms with E-state index in [0.29, 0.717) is 107 Å². The van der Waals surface area contributed by atoms with Gasteiger partial charge in [0.25, 0.3) is 0 Å². The summed E-state index contributed by atoms with van der Waals surface area (Å²) in [4.78, 5) is 48.3. The Labute approximate surface area is 270 Å². The fourth-order valence-corrected chi connectivity index (χ4v) is 5.69. The summed E-state index contributed by atoms with van der Waals surface area (Å²) in [6.07, 6.45) is 2.68. The van der Waals surface area contributed by atoms with Crippen molar-refractivity contribution in [2.24, 2.45) is 7.05 Å². The highest BCUT2D eigenvalue weighted by atomic mass is 16.5. The number of aromatic nitrogens is 6. The second-order valence-electron chi connectivity index (χ2n) is 11.5. The highest BCUT2D eigenvalue weighted by Gasteiger charge is 2.31. The Morgan fingerprint density at radius 2 is 1.20 bits per heavy atom. The summed E-state index contributed by atoms with van der Waals surface area (Å²) < 4.78 is 23.8. The molecular weight excluding hydrogens is 594 g/mol. The van der Waals surface area contributed by atoms with Gasteiger partial charge in [-0.2, -0.15) is 9.97 Å². The van der Waals surface area contributed by atoms with Crippen LogP contribution < -0.4 is 19.6 Å². The van der Waals surface area contributed by atoms with Gasteiger partial charge in [-0.3, -0.25) is 4.79 Å². The number of fused-ring (bicyclic) bond motifs is 2. The molecule has 5 rings (SSSR count). The van der Waals surface area contributed by atoms with Crippen molar-refractivity contribution in [2.45, 2.75) is 13.0 Å². The van der Waals surface area contributed by atoms with Gasteiger partial charge < -0.3 is 48.0 Å². The van der Waals surface area contributed by atoms with Gasteiger partial charge in [0.05, 0.1) is 51.5 Å². The summed E-state index contributed by atoms with van der Waals surface area (Å²) in [6, 6.07) is 0. The standard InChI is InChI=1S/C30H47N11O5/c1-36-9-10-41(20-24(36)42)28-26-25(32-30(35-28)39(13-17-45-5)14-18-46-6)27(40-8-7-23-22(19-40)31-21-37(23)2)34-29(33-26)38(11-15-43-3)12-16-44-4/h21H,7-20H2,1-6H3. The third-order valence-corrected chi connectivity index (χ3v) is 8.47. The van der Waals surface area contributed by atoms with Crippen LogP contribution in [0.4, 0.5) is 23.5 Å². The average Bonchev–Trinajstić information content (AvgIpc) is 3.44. The molecule has 2 aliphatic heterocycles. The van der Waals surface area contributed by atoms with Crippen molar-refractivity contribution in [3.8, 4) is 0 Å². The number of ether oxygens (including phenoxy) is 4. The molecule has 2 aliphatic rings. The fraction of sp³-hybridized carbons (Fsp3) is 0.667. The molecule has 0 atom stereocenters. The molecule has 0 bridgehead atoms. The lowest BCUT2D eigenvalue weighted by Crippen LogP contribution is -2.49. The number of likely N-dealkylation sites (N-methyl/N-ethyl adjacent to an activating group) is 1. The number of nitrogens with zero attached hydrogens (tertiary/aromatic N) is 11. The molecule has 0 unspecified atom stereocenters. The van der Waals surface area contributed by atoms with Gasteiger partial charge in [0, 0.05) is 100 Å². The number of carbonyl (C=O) groups is 1. The van der Waals surface area contributed by atoms with Gasteiger partial charge in [-0.25, -0.2) is 15.0 Å². The third kappa shape index (κ3) is 7.40. The van der Waals surface area contributed by atoms with Crippen molar-refractivity contribution in [1.82, 2.24) is 34.4 Å². The molecule has 16 nitrogen and oxygen atoms in total. The van der Waals surface area contributed by atoms with Crippen molar-refractivity contribution >= 4 is 40.5 Å². The quantitative estimate of drug-likeness (QED) is 0.210. The van der Waals surface area contributed by atoms with E-state index < -0.39 is 0 Å². The van der Waals surface area contributed by atoms with E-state index in [0.717, 1.165) is 18.7 Å². The molecule has 1 fully saturated rings. The zero-order valence-electron chi connectivity index (χ0n) is 27.9. The molecule has 16 heteroatoms. The van der Waals surface area contributed by atoms with Crippen molar-refractivity contribution in [1.29, 1.82) is 0 Å². The average molecular weight is 642 g/mol. The van der Waals surface area contributed by atoms with Crippen LogP contribution in [-0.4, -0.2) is 155 Å². The number of imidazole rings is 1. The van der Waals surface area contributed by atoms with Crippen molar-refractivity contribution < 1.29 is 23.7 Å². The van der Waals surface area contributed by atoms with E-state index in [2.05, 4.69) is 19.4 Å². The minimum absolute atomic E-state index is 0.0187. The summed E-state index contributed by atoms with van der Waals surface area (Å²) in [5.41, 5.74) is 3.44. The second kappa shape index (κ2) is 15.6. The Balaban J connectivity index is 1.72. The van der Waals surface area contributed by atoms with Crippen LogP contribution in [0.15, 0.2) is 6.33 Å². The summed E-state index contributed by atoms with van der Waals surface area (Å²) in [6.45, 7) is 6.88. The minimum atomic E-state index is 0.0187. The van der Waals surface area contributed by atoms with E-state index in [-0.39, 0.29) is 12.5 Å². The van der Waals surface area contributed by atoms with Crippen molar-refractivity contribution in [3.63, 3.8) is 0 Å². The van der Waals surface area contributed by atoms with E-state index in [4.69, 9.17) is 38.9 Å². The molecule has 252 valence electrons. The lowest BCUT2D eigenvalue weighted by atomic mass is 10.1. The molecule has 0 saturated carbocycles. The minimum Gasteiger partial charge on any atom is -0.383 e. The molecule has 46 heavy (non-hydrogen) atoms. The predicted molar refractivity (Wildman–Crippen MR) is 175 cm³/mol. The Hall–Kier alpha value is -3.86. The zero-order valence-corrected chi connectivity index (χ0v) is 27.9. The van der Waals surface area contributed by atoms with Gasteiger partial charge in [-0.15, -0.1) is 0 Å². The van der Waals surface area contributed by atoms with Crippen LogP contribution in [0.5, 0.6) is 0 Å². The van der Waals surface area contributed by atoms with Crippen LogP contribution in [0.3, 0.4) is 0 Å². The molecule has 0 N–H and O–H groups in total. The first-order chi connectivity index (χ1) is 22.4. The number of piperazine rings is 1. The lowest BCUT2D eigenvalue weighted by molar-refractivity contribution is -0.129. The summed E-state index contributed by atoms with van der Waals surface area (Å²) >= 11 is 0. The molecule has 3 aromatic heterocycles. The van der Waals surface area contributed by atoms with Crippen LogP contribution in [0, 0.1) is 0 Å². The smallest absolute Gasteiger partial charge is 0.241 e. The van der Waals surface area contributed by atoms with E-state index in [1.54, 1.807) is 33.3 Å². The fourth-order valence-electron chi connectivity index (χ4n) is 5.69. The van der Waals surface area contributed by atoms with E-state index in [1.807, 2.05) is 30.2 Å². The Morgan fingerprint density at radius 3 is 1.67 bits per heavy atom. The molecule has 0 radical (unpaired) electrons. The maximum atomic E-state index is 13.0. The van der Waals surface area contributed by atoms with Crippen LogP contribution in [0.2, 0.25) is 0 Å². The first-order valence-electron chi connectivity index (χ1n) is 15.7. The van der Waals surface area contributed by atoms with Crippen LogP contribution >= 0.6 is 0 Å². The maximum Gasteiger partial charge on any atom is 0.241 e. The molecule has 1 saturated heterocycles. The number of methoxy groups -OCH3 is 4. The number of anilines is 4. The van der Waals surface area contributed by atoms with Crippen LogP contribution in [-0.2, 0) is 43.8 Å². The van der Waals surface area contributed by atoms with Crippen LogP contribution in [0.1, 0.15) is 11.4 Å². The lowest BCUT2D eigenvalue weighted by Gasteiger charge is -2.34. The first-order valence-corrected chi connectivity index (χ1v) is 15.7. The number of hydrogen-bond donors (Lipinski definition) is 0. The molecule has 5 heterocycles. The van der Waals surface area contributed by atoms with Gasteiger partial charge in [0.2, 0.25) is 17.8 Å². The van der Waals surface area contributed by atoms with Crippen molar-refractivity contribution in [3.05, 3.63) is 17.7 Å². The summed E-state index contributed by atoms with van der Waals surface area (Å²) in [7, 11) is 10.6. The number of carbonyl (C=O) groups excluding carboxylic acids is 1. The zero-order chi connectivity index (χ0) is 32.6. The highest BCUT2D eigenvalue weighted by Crippen LogP contribution is 2.35. The monoisotopic (exact) mass is 641 g/mol. The Bertz CT molecular complexity index is 1450. The largest absolute Gasteiger partial charge is 0.383 e. The molecule has 1 amide bonds. The molecule has 0 aromatic carbocycles. The Morgan fingerprint density at radius 1 is 0.696 bits per heavy atom. The van der Waals surface area contributed by atoms with Gasteiger partial charge >= 0.3 is 0 Å². The van der Waals surface area contributed by atoms with Gasteiger partial charge in [-0.05, 0) is 0 Å². The number of rotatable bonds is 16. The van der Waals surface area contributed by atoms with Gasteiger partial charge in [0.1, 0.15) is 11.0 Å². The normalized spacial score (nSPS) is 15.2. The number of amides is 1. The second-order valence-corrected chi connectivity index (χ2v) is 11.5. The first kappa shape index (κ1) is 33.5. The van der Waals surface area contributed by atoms with E-state index in [1.165, 1.54) is 5.69 Å².